The van der Waals surface area contributed by atoms with E-state index in [9.17, 15) is 10.2 Å². The fourth-order valence-corrected chi connectivity index (χ4v) is 3.19. The minimum atomic E-state index is 0.0405. The molecule has 118 valence electrons. The van der Waals surface area contributed by atoms with Crippen LogP contribution in [-0.4, -0.2) is 25.2 Å². The van der Waals surface area contributed by atoms with Crippen LogP contribution in [0, 0.1) is 0 Å². The normalized spacial score (nSPS) is 11.0. The molecule has 4 rings (SSSR count). The Labute approximate surface area is 141 Å². The molecular weight excluding hydrogens is 322 g/mol. The first-order valence-corrected chi connectivity index (χ1v) is 8.22. The van der Waals surface area contributed by atoms with Gasteiger partial charge in [0.05, 0.1) is 18.3 Å². The molecule has 0 bridgehead atoms. The predicted molar refractivity (Wildman–Crippen MR) is 93.7 cm³/mol. The van der Waals surface area contributed by atoms with E-state index in [0.29, 0.717) is 5.82 Å². The lowest BCUT2D eigenvalue weighted by Gasteiger charge is -2.04. The number of hydrogen-bond acceptors (Lipinski definition) is 6. The highest BCUT2D eigenvalue weighted by Gasteiger charge is 2.08. The Morgan fingerprint density at radius 1 is 0.875 bits per heavy atom. The number of aromatic nitrogens is 3. The Bertz CT molecular complexity index is 1010. The molecule has 0 fully saturated rings. The number of rotatable bonds is 3. The topological polar surface area (TPSA) is 79.1 Å². The average Bonchev–Trinajstić information content (AvgIpc) is 3.11. The first kappa shape index (κ1) is 14.7. The van der Waals surface area contributed by atoms with Gasteiger partial charge in [0, 0.05) is 22.2 Å². The van der Waals surface area contributed by atoms with Crippen LogP contribution < -0.4 is 0 Å². The molecule has 0 aliphatic carbocycles. The summed E-state index contributed by atoms with van der Waals surface area (Å²) in [5, 5.41) is 20.6. The van der Waals surface area contributed by atoms with Crippen LogP contribution in [0.15, 0.2) is 54.2 Å². The molecule has 0 aliphatic rings. The summed E-state index contributed by atoms with van der Waals surface area (Å²) >= 11 is 1.52. The highest BCUT2D eigenvalue weighted by atomic mass is 32.1. The third-order valence-corrected chi connectivity index (χ3v) is 4.62. The quantitative estimate of drug-likeness (QED) is 0.598. The van der Waals surface area contributed by atoms with E-state index in [1.165, 1.54) is 11.3 Å². The van der Waals surface area contributed by atoms with Crippen molar-refractivity contribution in [2.45, 2.75) is 6.61 Å². The maximum Gasteiger partial charge on any atom is 0.159 e. The molecule has 0 saturated carbocycles. The van der Waals surface area contributed by atoms with Crippen molar-refractivity contribution in [1.82, 2.24) is 15.0 Å². The molecule has 0 amide bonds. The van der Waals surface area contributed by atoms with Gasteiger partial charge < -0.3 is 10.2 Å². The molecule has 5 nitrogen and oxygen atoms in total. The van der Waals surface area contributed by atoms with E-state index >= 15 is 0 Å². The van der Waals surface area contributed by atoms with Gasteiger partial charge in [0.25, 0.3) is 0 Å². The Hall–Kier alpha value is -2.83. The molecule has 6 heteroatoms. The molecule has 3 aromatic heterocycles. The molecule has 0 radical (unpaired) electrons. The minimum Gasteiger partial charge on any atom is -0.508 e. The Kier molecular flexibility index (Phi) is 3.68. The maximum atomic E-state index is 9.39. The van der Waals surface area contributed by atoms with Gasteiger partial charge in [-0.15, -0.1) is 11.3 Å². The predicted octanol–water partition coefficient (Wildman–Crippen LogP) is 3.62. The summed E-state index contributed by atoms with van der Waals surface area (Å²) in [6.07, 6.45) is 3.48. The van der Waals surface area contributed by atoms with Crippen LogP contribution in [0.3, 0.4) is 0 Å². The zero-order chi connectivity index (χ0) is 16.5. The molecule has 0 aliphatic heterocycles. The van der Waals surface area contributed by atoms with Gasteiger partial charge in [-0.05, 0) is 47.3 Å². The van der Waals surface area contributed by atoms with Crippen LogP contribution >= 0.6 is 11.3 Å². The highest BCUT2D eigenvalue weighted by Crippen LogP contribution is 2.27. The van der Waals surface area contributed by atoms with Crippen LogP contribution in [0.4, 0.5) is 0 Å². The number of aliphatic hydroxyl groups excluding tert-OH is 1. The zero-order valence-corrected chi connectivity index (χ0v) is 13.4. The summed E-state index contributed by atoms with van der Waals surface area (Å²) in [6, 6.07) is 10.7. The lowest BCUT2D eigenvalue weighted by Crippen LogP contribution is -1.92. The van der Waals surface area contributed by atoms with Gasteiger partial charge in [-0.25, -0.2) is 9.97 Å². The van der Waals surface area contributed by atoms with Gasteiger partial charge in [0.15, 0.2) is 5.82 Å². The van der Waals surface area contributed by atoms with Crippen molar-refractivity contribution in [3.05, 3.63) is 59.0 Å². The minimum absolute atomic E-state index is 0.0405. The molecule has 2 N–H and O–H groups in total. The van der Waals surface area contributed by atoms with Crippen LogP contribution in [0.1, 0.15) is 4.88 Å². The number of fused-ring (bicyclic) bond motifs is 1. The van der Waals surface area contributed by atoms with E-state index in [4.69, 9.17) is 0 Å². The van der Waals surface area contributed by atoms with E-state index in [-0.39, 0.29) is 12.4 Å². The Morgan fingerprint density at radius 3 is 2.46 bits per heavy atom. The van der Waals surface area contributed by atoms with Crippen molar-refractivity contribution in [2.24, 2.45) is 0 Å². The van der Waals surface area contributed by atoms with Gasteiger partial charge in [0.2, 0.25) is 0 Å². The molecule has 1 aromatic carbocycles. The summed E-state index contributed by atoms with van der Waals surface area (Å²) in [5.74, 6) is 0.795. The number of aliphatic hydroxyl groups is 1. The van der Waals surface area contributed by atoms with E-state index in [1.807, 2.05) is 17.5 Å². The van der Waals surface area contributed by atoms with Crippen molar-refractivity contribution in [2.75, 3.05) is 0 Å². The van der Waals surface area contributed by atoms with Crippen LogP contribution in [0.25, 0.3) is 33.5 Å². The number of benzene rings is 1. The SMILES string of the molecule is OCc1cc(-c2cnc3cnc(-c4ccc(O)cc4)nc3c2)cs1. The van der Waals surface area contributed by atoms with E-state index in [2.05, 4.69) is 15.0 Å². The van der Waals surface area contributed by atoms with E-state index in [0.717, 1.165) is 32.6 Å². The molecule has 0 unspecified atom stereocenters. The van der Waals surface area contributed by atoms with Gasteiger partial charge in [0.1, 0.15) is 11.3 Å². The summed E-state index contributed by atoms with van der Waals surface area (Å²) in [7, 11) is 0. The van der Waals surface area contributed by atoms with E-state index in [1.54, 1.807) is 36.7 Å². The second-order valence-electron chi connectivity index (χ2n) is 5.33. The van der Waals surface area contributed by atoms with Gasteiger partial charge in [-0.2, -0.15) is 0 Å². The number of nitrogens with zero attached hydrogens (tertiary/aromatic N) is 3. The molecule has 4 aromatic rings. The van der Waals surface area contributed by atoms with Gasteiger partial charge >= 0.3 is 0 Å². The molecular formula is C18H13N3O2S. The number of hydrogen-bond donors (Lipinski definition) is 2. The van der Waals surface area contributed by atoms with Crippen LogP contribution in [0.2, 0.25) is 0 Å². The Morgan fingerprint density at radius 2 is 1.71 bits per heavy atom. The fraction of sp³-hybridized carbons (Fsp3) is 0.0556. The lowest BCUT2D eigenvalue weighted by molar-refractivity contribution is 0.285. The molecule has 0 saturated heterocycles. The number of aromatic hydroxyl groups is 1. The molecule has 0 atom stereocenters. The zero-order valence-electron chi connectivity index (χ0n) is 12.5. The third kappa shape index (κ3) is 2.73. The van der Waals surface area contributed by atoms with Gasteiger partial charge in [-0.1, -0.05) is 0 Å². The molecule has 3 heterocycles. The molecule has 0 spiro atoms. The van der Waals surface area contributed by atoms with Crippen molar-refractivity contribution >= 4 is 22.4 Å². The third-order valence-electron chi connectivity index (χ3n) is 3.70. The number of phenolic OH excluding ortho intramolecular Hbond substituents is 1. The summed E-state index contributed by atoms with van der Waals surface area (Å²) in [4.78, 5) is 14.3. The summed E-state index contributed by atoms with van der Waals surface area (Å²) < 4.78 is 0. The fourth-order valence-electron chi connectivity index (χ4n) is 2.44. The molecule has 24 heavy (non-hydrogen) atoms. The Balaban J connectivity index is 1.78. The highest BCUT2D eigenvalue weighted by molar-refractivity contribution is 7.10. The van der Waals surface area contributed by atoms with Crippen molar-refractivity contribution in [3.63, 3.8) is 0 Å². The lowest BCUT2D eigenvalue weighted by atomic mass is 10.1. The largest absolute Gasteiger partial charge is 0.508 e. The maximum absolute atomic E-state index is 9.39. The van der Waals surface area contributed by atoms with Crippen LogP contribution in [0.5, 0.6) is 5.75 Å². The monoisotopic (exact) mass is 335 g/mol. The standard InChI is InChI=1S/C18H13N3O2S/c22-9-15-5-13(10-24-15)12-6-16-17(19-7-12)8-20-18(21-16)11-1-3-14(23)4-2-11/h1-8,10,22-23H,9H2. The summed E-state index contributed by atoms with van der Waals surface area (Å²) in [6.45, 7) is 0.0405. The second kappa shape index (κ2) is 5.99. The van der Waals surface area contributed by atoms with E-state index < -0.39 is 0 Å². The first-order chi connectivity index (χ1) is 11.7. The van der Waals surface area contributed by atoms with Crippen molar-refractivity contribution in [3.8, 4) is 28.3 Å². The smallest absolute Gasteiger partial charge is 0.159 e. The van der Waals surface area contributed by atoms with Crippen LogP contribution in [-0.2, 0) is 6.61 Å². The van der Waals surface area contributed by atoms with Crippen molar-refractivity contribution in [1.29, 1.82) is 0 Å². The van der Waals surface area contributed by atoms with Crippen molar-refractivity contribution < 1.29 is 10.2 Å². The number of phenols is 1. The van der Waals surface area contributed by atoms with Gasteiger partial charge in [-0.3, -0.25) is 4.98 Å². The first-order valence-electron chi connectivity index (χ1n) is 7.34. The average molecular weight is 335 g/mol. The summed E-state index contributed by atoms with van der Waals surface area (Å²) in [5.41, 5.74) is 4.27. The second-order valence-corrected chi connectivity index (χ2v) is 6.32. The number of pyridine rings is 1. The number of thiophene rings is 1.